The maximum absolute atomic E-state index is 12.1. The average Bonchev–Trinajstić information content (AvgIpc) is 3.00. The molecule has 0 saturated carbocycles. The van der Waals surface area contributed by atoms with Gasteiger partial charge in [0.05, 0.1) is 17.2 Å². The number of alkyl halides is 1. The number of rotatable bonds is 5. The summed E-state index contributed by atoms with van der Waals surface area (Å²) in [6.45, 7) is 0.0519. The van der Waals surface area contributed by atoms with Crippen LogP contribution in [-0.2, 0) is 14.2 Å². The molecule has 130 valence electrons. The Morgan fingerprint density at radius 2 is 1.52 bits per heavy atom. The van der Waals surface area contributed by atoms with E-state index in [1.54, 1.807) is 48.5 Å². The Kier molecular flexibility index (Phi) is 5.68. The molecule has 1 aliphatic heterocycles. The maximum Gasteiger partial charge on any atom is 0.338 e. The second-order valence-corrected chi connectivity index (χ2v) is 6.05. The van der Waals surface area contributed by atoms with Crippen molar-refractivity contribution >= 4 is 23.5 Å². The molecule has 2 aromatic carbocycles. The summed E-state index contributed by atoms with van der Waals surface area (Å²) >= 11 is 6.10. The van der Waals surface area contributed by atoms with Crippen LogP contribution in [0.3, 0.4) is 0 Å². The highest BCUT2D eigenvalue weighted by Gasteiger charge is 2.37. The number of carbonyl (C=O) groups excluding carboxylic acids is 2. The van der Waals surface area contributed by atoms with Gasteiger partial charge in [-0.3, -0.25) is 0 Å². The third-order valence-electron chi connectivity index (χ3n) is 3.79. The predicted molar refractivity (Wildman–Crippen MR) is 91.5 cm³/mol. The van der Waals surface area contributed by atoms with E-state index in [0.29, 0.717) is 17.5 Å². The molecule has 0 bridgehead atoms. The molecule has 0 aliphatic carbocycles. The molecule has 0 unspecified atom stereocenters. The van der Waals surface area contributed by atoms with E-state index in [1.165, 1.54) is 0 Å². The minimum Gasteiger partial charge on any atom is -0.459 e. The highest BCUT2D eigenvalue weighted by molar-refractivity contribution is 6.20. The molecule has 1 fully saturated rings. The Bertz CT molecular complexity index is 719. The van der Waals surface area contributed by atoms with E-state index < -0.39 is 29.7 Å². The standard InChI is InChI=1S/C19H17ClO5/c20-17-16(25-19(22)14-9-5-2-6-10-14)11-15(24-17)12-23-18(21)13-7-3-1-4-8-13/h1-10,15-17H,11-12H2/t15-,16+,17-/m1/s1. The van der Waals surface area contributed by atoms with Crippen LogP contribution in [-0.4, -0.2) is 36.3 Å². The summed E-state index contributed by atoms with van der Waals surface area (Å²) in [6.07, 6.45) is -0.632. The molecule has 2 aromatic rings. The fraction of sp³-hybridized carbons (Fsp3) is 0.263. The first-order valence-electron chi connectivity index (χ1n) is 7.91. The summed E-state index contributed by atoms with van der Waals surface area (Å²) in [5.41, 5.74) is 0.147. The molecule has 1 saturated heterocycles. The van der Waals surface area contributed by atoms with Gasteiger partial charge in [0.2, 0.25) is 0 Å². The zero-order valence-electron chi connectivity index (χ0n) is 13.3. The maximum atomic E-state index is 12.1. The summed E-state index contributed by atoms with van der Waals surface area (Å²) in [7, 11) is 0. The van der Waals surface area contributed by atoms with Crippen LogP contribution in [0.15, 0.2) is 60.7 Å². The molecule has 0 amide bonds. The van der Waals surface area contributed by atoms with Gasteiger partial charge in [0.15, 0.2) is 5.56 Å². The van der Waals surface area contributed by atoms with E-state index in [1.807, 2.05) is 12.1 Å². The van der Waals surface area contributed by atoms with Crippen LogP contribution in [0, 0.1) is 0 Å². The Balaban J connectivity index is 1.50. The third kappa shape index (κ3) is 4.59. The number of benzene rings is 2. The van der Waals surface area contributed by atoms with E-state index in [4.69, 9.17) is 25.8 Å². The Morgan fingerprint density at radius 3 is 2.12 bits per heavy atom. The molecule has 1 heterocycles. The van der Waals surface area contributed by atoms with Crippen molar-refractivity contribution in [1.82, 2.24) is 0 Å². The largest absolute Gasteiger partial charge is 0.459 e. The van der Waals surface area contributed by atoms with E-state index in [-0.39, 0.29) is 6.61 Å². The minimum atomic E-state index is -0.770. The molecule has 0 N–H and O–H groups in total. The molecule has 1 aliphatic rings. The Hall–Kier alpha value is -2.37. The monoisotopic (exact) mass is 360 g/mol. The summed E-state index contributed by atoms with van der Waals surface area (Å²) in [4.78, 5) is 24.0. The fourth-order valence-electron chi connectivity index (χ4n) is 2.51. The summed E-state index contributed by atoms with van der Waals surface area (Å²) in [5.74, 6) is -0.887. The number of carbonyl (C=O) groups is 2. The zero-order valence-corrected chi connectivity index (χ0v) is 14.1. The molecule has 3 atom stereocenters. The lowest BCUT2D eigenvalue weighted by Gasteiger charge is -2.13. The van der Waals surface area contributed by atoms with Crippen molar-refractivity contribution in [2.24, 2.45) is 0 Å². The normalized spacial score (nSPS) is 22.4. The highest BCUT2D eigenvalue weighted by atomic mass is 35.5. The van der Waals surface area contributed by atoms with Crippen LogP contribution in [0.2, 0.25) is 0 Å². The van der Waals surface area contributed by atoms with Gasteiger partial charge in [-0.05, 0) is 24.3 Å². The quantitative estimate of drug-likeness (QED) is 0.604. The SMILES string of the molecule is O=C(OC[C@H]1C[C@H](OC(=O)c2ccccc2)[C@H](Cl)O1)c1ccccc1. The molecule has 0 radical (unpaired) electrons. The van der Waals surface area contributed by atoms with Crippen molar-refractivity contribution in [1.29, 1.82) is 0 Å². The zero-order chi connectivity index (χ0) is 17.6. The van der Waals surface area contributed by atoms with Crippen molar-refractivity contribution in [3.05, 3.63) is 71.8 Å². The van der Waals surface area contributed by atoms with Gasteiger partial charge in [0.1, 0.15) is 12.7 Å². The van der Waals surface area contributed by atoms with Gasteiger partial charge in [0, 0.05) is 6.42 Å². The predicted octanol–water partition coefficient (Wildman–Crippen LogP) is 3.42. The lowest BCUT2D eigenvalue weighted by atomic mass is 10.2. The van der Waals surface area contributed by atoms with Gasteiger partial charge >= 0.3 is 11.9 Å². The van der Waals surface area contributed by atoms with E-state index in [9.17, 15) is 9.59 Å². The Labute approximate surface area is 150 Å². The number of hydrogen-bond acceptors (Lipinski definition) is 5. The molecule has 0 aromatic heterocycles. The lowest BCUT2D eigenvalue weighted by molar-refractivity contribution is 0.0000680. The third-order valence-corrected chi connectivity index (χ3v) is 4.17. The first-order chi connectivity index (χ1) is 12.1. The highest BCUT2D eigenvalue weighted by Crippen LogP contribution is 2.27. The van der Waals surface area contributed by atoms with E-state index >= 15 is 0 Å². The van der Waals surface area contributed by atoms with Gasteiger partial charge in [-0.15, -0.1) is 0 Å². The molecule has 5 nitrogen and oxygen atoms in total. The number of esters is 2. The Morgan fingerprint density at radius 1 is 0.960 bits per heavy atom. The van der Waals surface area contributed by atoms with Gasteiger partial charge in [-0.25, -0.2) is 9.59 Å². The molecule has 0 spiro atoms. The minimum absolute atomic E-state index is 0.0519. The average molecular weight is 361 g/mol. The van der Waals surface area contributed by atoms with Crippen LogP contribution in [0.5, 0.6) is 0 Å². The second-order valence-electron chi connectivity index (χ2n) is 5.62. The van der Waals surface area contributed by atoms with Crippen molar-refractivity contribution in [2.75, 3.05) is 6.61 Å². The van der Waals surface area contributed by atoms with Gasteiger partial charge in [0.25, 0.3) is 0 Å². The lowest BCUT2D eigenvalue weighted by Crippen LogP contribution is -2.23. The number of ether oxygens (including phenoxy) is 3. The first kappa shape index (κ1) is 17.5. The summed E-state index contributed by atoms with van der Waals surface area (Å²) < 4.78 is 16.1. The summed E-state index contributed by atoms with van der Waals surface area (Å²) in [5, 5.41) is 0. The van der Waals surface area contributed by atoms with E-state index in [2.05, 4.69) is 0 Å². The topological polar surface area (TPSA) is 61.8 Å². The van der Waals surface area contributed by atoms with E-state index in [0.717, 1.165) is 0 Å². The van der Waals surface area contributed by atoms with Crippen LogP contribution < -0.4 is 0 Å². The summed E-state index contributed by atoms with van der Waals surface area (Å²) in [6, 6.07) is 17.3. The van der Waals surface area contributed by atoms with Crippen LogP contribution in [0.4, 0.5) is 0 Å². The van der Waals surface area contributed by atoms with Gasteiger partial charge in [-0.1, -0.05) is 48.0 Å². The number of halogens is 1. The molecule has 25 heavy (non-hydrogen) atoms. The van der Waals surface area contributed by atoms with Crippen LogP contribution >= 0.6 is 11.6 Å². The van der Waals surface area contributed by atoms with Crippen molar-refractivity contribution in [2.45, 2.75) is 24.2 Å². The number of hydrogen-bond donors (Lipinski definition) is 0. The first-order valence-corrected chi connectivity index (χ1v) is 8.35. The molecule has 6 heteroatoms. The smallest absolute Gasteiger partial charge is 0.338 e. The second kappa shape index (κ2) is 8.14. The molecule has 3 rings (SSSR count). The van der Waals surface area contributed by atoms with Crippen LogP contribution in [0.25, 0.3) is 0 Å². The molecular formula is C19H17ClO5. The molecular weight excluding hydrogens is 344 g/mol. The van der Waals surface area contributed by atoms with Gasteiger partial charge in [-0.2, -0.15) is 0 Å². The van der Waals surface area contributed by atoms with Crippen LogP contribution in [0.1, 0.15) is 27.1 Å². The van der Waals surface area contributed by atoms with Crippen molar-refractivity contribution in [3.63, 3.8) is 0 Å². The fourth-order valence-corrected chi connectivity index (χ4v) is 2.81. The van der Waals surface area contributed by atoms with Crippen molar-refractivity contribution in [3.8, 4) is 0 Å². The van der Waals surface area contributed by atoms with Gasteiger partial charge < -0.3 is 14.2 Å². The van der Waals surface area contributed by atoms with Crippen molar-refractivity contribution < 1.29 is 23.8 Å².